The molecule has 2 aromatic rings. The van der Waals surface area contributed by atoms with E-state index in [0.29, 0.717) is 13.0 Å². The van der Waals surface area contributed by atoms with E-state index in [1.807, 2.05) is 37.3 Å². The summed E-state index contributed by atoms with van der Waals surface area (Å²) in [5, 5.41) is 2.88. The second-order valence-corrected chi connectivity index (χ2v) is 5.26. The van der Waals surface area contributed by atoms with Gasteiger partial charge in [0.05, 0.1) is 6.61 Å². The highest BCUT2D eigenvalue weighted by Crippen LogP contribution is 2.18. The number of benzene rings is 2. The number of amides is 1. The molecule has 0 aliphatic rings. The molecule has 0 radical (unpaired) electrons. The van der Waals surface area contributed by atoms with Crippen LogP contribution in [0.2, 0.25) is 0 Å². The molecular formula is C19H23NO2. The van der Waals surface area contributed by atoms with Gasteiger partial charge < -0.3 is 10.1 Å². The number of ether oxygens (including phenoxy) is 1. The van der Waals surface area contributed by atoms with Crippen molar-refractivity contribution in [1.29, 1.82) is 0 Å². The molecule has 1 amide bonds. The Bertz CT molecular complexity index is 581. The monoisotopic (exact) mass is 297 g/mol. The lowest BCUT2D eigenvalue weighted by Gasteiger charge is -2.09. The van der Waals surface area contributed by atoms with Crippen LogP contribution in [0.3, 0.4) is 0 Å². The van der Waals surface area contributed by atoms with Gasteiger partial charge in [-0.15, -0.1) is 0 Å². The summed E-state index contributed by atoms with van der Waals surface area (Å²) in [4.78, 5) is 11.6. The lowest BCUT2D eigenvalue weighted by molar-refractivity contribution is -0.116. The molecule has 2 aromatic carbocycles. The standard InChI is InChI=1S/C19H23NO2/c1-2-8-19(21)20-17-12-6-13-18(15-17)22-14-7-11-16-9-4-3-5-10-16/h3-6,9-10,12-13,15H,2,7-8,11,14H2,1H3,(H,20,21). The number of hydrogen-bond acceptors (Lipinski definition) is 2. The molecule has 0 atom stereocenters. The lowest BCUT2D eigenvalue weighted by atomic mass is 10.1. The molecule has 0 aromatic heterocycles. The maximum Gasteiger partial charge on any atom is 0.224 e. The van der Waals surface area contributed by atoms with E-state index in [-0.39, 0.29) is 5.91 Å². The maximum atomic E-state index is 11.6. The molecular weight excluding hydrogens is 274 g/mol. The summed E-state index contributed by atoms with van der Waals surface area (Å²) in [6.07, 6.45) is 3.37. The Morgan fingerprint density at radius 1 is 1.09 bits per heavy atom. The van der Waals surface area contributed by atoms with E-state index >= 15 is 0 Å². The van der Waals surface area contributed by atoms with Gasteiger partial charge in [-0.2, -0.15) is 0 Å². The number of carbonyl (C=O) groups excluding carboxylic acids is 1. The second kappa shape index (κ2) is 8.88. The van der Waals surface area contributed by atoms with Crippen molar-refractivity contribution in [3.63, 3.8) is 0 Å². The normalized spacial score (nSPS) is 10.2. The molecule has 0 heterocycles. The Labute approximate surface area is 132 Å². The van der Waals surface area contributed by atoms with Crippen molar-refractivity contribution in [3.8, 4) is 5.75 Å². The van der Waals surface area contributed by atoms with E-state index in [0.717, 1.165) is 30.7 Å². The SMILES string of the molecule is CCCC(=O)Nc1cccc(OCCCc2ccccc2)c1. The Kier molecular flexibility index (Phi) is 6.49. The second-order valence-electron chi connectivity index (χ2n) is 5.26. The van der Waals surface area contributed by atoms with Crippen LogP contribution in [0, 0.1) is 0 Å². The molecule has 0 unspecified atom stereocenters. The number of carbonyl (C=O) groups is 1. The van der Waals surface area contributed by atoms with Crippen LogP contribution >= 0.6 is 0 Å². The molecule has 0 saturated heterocycles. The Morgan fingerprint density at radius 3 is 2.68 bits per heavy atom. The van der Waals surface area contributed by atoms with Crippen molar-refractivity contribution in [1.82, 2.24) is 0 Å². The van der Waals surface area contributed by atoms with Crippen molar-refractivity contribution in [3.05, 3.63) is 60.2 Å². The van der Waals surface area contributed by atoms with Gasteiger partial charge in [0.25, 0.3) is 0 Å². The lowest BCUT2D eigenvalue weighted by Crippen LogP contribution is -2.10. The molecule has 1 N–H and O–H groups in total. The van der Waals surface area contributed by atoms with Gasteiger partial charge in [-0.25, -0.2) is 0 Å². The number of nitrogens with one attached hydrogen (secondary N) is 1. The first-order chi connectivity index (χ1) is 10.8. The summed E-state index contributed by atoms with van der Waals surface area (Å²) < 4.78 is 5.76. The fourth-order valence-corrected chi connectivity index (χ4v) is 2.23. The van der Waals surface area contributed by atoms with Crippen molar-refractivity contribution < 1.29 is 9.53 Å². The molecule has 0 spiro atoms. The summed E-state index contributed by atoms with van der Waals surface area (Å²) in [6.45, 7) is 2.66. The largest absolute Gasteiger partial charge is 0.494 e. The fraction of sp³-hybridized carbons (Fsp3) is 0.316. The van der Waals surface area contributed by atoms with Crippen molar-refractivity contribution >= 4 is 11.6 Å². The summed E-state index contributed by atoms with van der Waals surface area (Å²) >= 11 is 0. The maximum absolute atomic E-state index is 11.6. The zero-order valence-electron chi connectivity index (χ0n) is 13.0. The van der Waals surface area contributed by atoms with Gasteiger partial charge in [0.15, 0.2) is 0 Å². The van der Waals surface area contributed by atoms with Crippen molar-refractivity contribution in [2.45, 2.75) is 32.6 Å². The summed E-state index contributed by atoms with van der Waals surface area (Å²) in [7, 11) is 0. The van der Waals surface area contributed by atoms with Crippen molar-refractivity contribution in [2.24, 2.45) is 0 Å². The molecule has 0 bridgehead atoms. The molecule has 3 heteroatoms. The Hall–Kier alpha value is -2.29. The fourth-order valence-electron chi connectivity index (χ4n) is 2.23. The topological polar surface area (TPSA) is 38.3 Å². The molecule has 0 aliphatic heterocycles. The molecule has 22 heavy (non-hydrogen) atoms. The van der Waals surface area contributed by atoms with E-state index in [2.05, 4.69) is 29.6 Å². The molecule has 116 valence electrons. The molecule has 3 nitrogen and oxygen atoms in total. The first kappa shape index (κ1) is 16.1. The number of rotatable bonds is 8. The molecule has 0 aliphatic carbocycles. The predicted molar refractivity (Wildman–Crippen MR) is 90.2 cm³/mol. The first-order valence-corrected chi connectivity index (χ1v) is 7.84. The number of hydrogen-bond donors (Lipinski definition) is 1. The van der Waals surface area contributed by atoms with Gasteiger partial charge in [-0.1, -0.05) is 43.3 Å². The van der Waals surface area contributed by atoms with Crippen LogP contribution in [-0.2, 0) is 11.2 Å². The average Bonchev–Trinajstić information content (AvgIpc) is 2.53. The Morgan fingerprint density at radius 2 is 1.91 bits per heavy atom. The Balaban J connectivity index is 1.77. The van der Waals surface area contributed by atoms with Crippen LogP contribution in [-0.4, -0.2) is 12.5 Å². The molecule has 2 rings (SSSR count). The van der Waals surface area contributed by atoms with Crippen LogP contribution in [0.25, 0.3) is 0 Å². The summed E-state index contributed by atoms with van der Waals surface area (Å²) in [5.41, 5.74) is 2.12. The van der Waals surface area contributed by atoms with Crippen LogP contribution in [0.15, 0.2) is 54.6 Å². The van der Waals surface area contributed by atoms with Gasteiger partial charge in [-0.3, -0.25) is 4.79 Å². The van der Waals surface area contributed by atoms with Crippen LogP contribution in [0.1, 0.15) is 31.7 Å². The minimum atomic E-state index is 0.0451. The predicted octanol–water partition coefficient (Wildman–Crippen LogP) is 4.44. The number of aryl methyl sites for hydroxylation is 1. The summed E-state index contributed by atoms with van der Waals surface area (Å²) in [5.74, 6) is 0.839. The van der Waals surface area contributed by atoms with Gasteiger partial charge in [0.1, 0.15) is 5.75 Å². The van der Waals surface area contributed by atoms with E-state index in [1.54, 1.807) is 0 Å². The number of anilines is 1. The van der Waals surface area contributed by atoms with E-state index in [1.165, 1.54) is 5.56 Å². The smallest absolute Gasteiger partial charge is 0.224 e. The van der Waals surface area contributed by atoms with E-state index in [9.17, 15) is 4.79 Å². The van der Waals surface area contributed by atoms with Gasteiger partial charge in [0, 0.05) is 18.2 Å². The van der Waals surface area contributed by atoms with Gasteiger partial charge in [0.2, 0.25) is 5.91 Å². The quantitative estimate of drug-likeness (QED) is 0.732. The minimum Gasteiger partial charge on any atom is -0.494 e. The van der Waals surface area contributed by atoms with Crippen LogP contribution in [0.5, 0.6) is 5.75 Å². The van der Waals surface area contributed by atoms with E-state index in [4.69, 9.17) is 4.74 Å². The third-order valence-electron chi connectivity index (χ3n) is 3.32. The molecule has 0 saturated carbocycles. The van der Waals surface area contributed by atoms with Gasteiger partial charge in [-0.05, 0) is 37.0 Å². The third-order valence-corrected chi connectivity index (χ3v) is 3.32. The molecule has 0 fully saturated rings. The van der Waals surface area contributed by atoms with Crippen LogP contribution in [0.4, 0.5) is 5.69 Å². The van der Waals surface area contributed by atoms with Crippen LogP contribution < -0.4 is 10.1 Å². The zero-order valence-corrected chi connectivity index (χ0v) is 13.0. The highest BCUT2D eigenvalue weighted by molar-refractivity contribution is 5.90. The van der Waals surface area contributed by atoms with E-state index < -0.39 is 0 Å². The highest BCUT2D eigenvalue weighted by Gasteiger charge is 2.02. The minimum absolute atomic E-state index is 0.0451. The third kappa shape index (κ3) is 5.60. The van der Waals surface area contributed by atoms with Crippen molar-refractivity contribution in [2.75, 3.05) is 11.9 Å². The zero-order chi connectivity index (χ0) is 15.6. The van der Waals surface area contributed by atoms with Gasteiger partial charge >= 0.3 is 0 Å². The average molecular weight is 297 g/mol. The summed E-state index contributed by atoms with van der Waals surface area (Å²) in [6, 6.07) is 18.0. The first-order valence-electron chi connectivity index (χ1n) is 7.84. The highest BCUT2D eigenvalue weighted by atomic mass is 16.5.